The van der Waals surface area contributed by atoms with Crippen molar-refractivity contribution in [2.24, 2.45) is 0 Å². The van der Waals surface area contributed by atoms with Crippen LogP contribution in [0.4, 0.5) is 0 Å². The molecule has 0 amide bonds. The van der Waals surface area contributed by atoms with Crippen LogP contribution in [0.5, 0.6) is 0 Å². The highest BCUT2D eigenvalue weighted by molar-refractivity contribution is 6.17. The largest absolute Gasteiger partial charge is 0.296 e. The molecule has 1 heterocycles. The quantitative estimate of drug-likeness (QED) is 0.649. The molecule has 0 N–H and O–H groups in total. The molecule has 4 heteroatoms. The SMILES string of the molecule is Cc1cc(=O)n(CCCl)c(C)n1. The molecule has 0 atom stereocenters. The summed E-state index contributed by atoms with van der Waals surface area (Å²) in [6.07, 6.45) is 0. The van der Waals surface area contributed by atoms with E-state index < -0.39 is 0 Å². The summed E-state index contributed by atoms with van der Waals surface area (Å²) in [5, 5.41) is 0. The Kier molecular flexibility index (Phi) is 2.87. The third-order valence-corrected chi connectivity index (χ3v) is 1.80. The highest BCUT2D eigenvalue weighted by atomic mass is 35.5. The van der Waals surface area contributed by atoms with E-state index in [4.69, 9.17) is 11.6 Å². The molecule has 0 spiro atoms. The maximum absolute atomic E-state index is 11.3. The summed E-state index contributed by atoms with van der Waals surface area (Å²) in [6, 6.07) is 1.51. The Morgan fingerprint density at radius 3 is 2.75 bits per heavy atom. The fourth-order valence-electron chi connectivity index (χ4n) is 1.12. The maximum Gasteiger partial charge on any atom is 0.253 e. The van der Waals surface area contributed by atoms with Crippen molar-refractivity contribution < 1.29 is 0 Å². The first-order chi connectivity index (χ1) is 5.65. The van der Waals surface area contributed by atoms with E-state index in [1.54, 1.807) is 18.4 Å². The highest BCUT2D eigenvalue weighted by Gasteiger charge is 2.00. The molecule has 1 aromatic rings. The number of aryl methyl sites for hydroxylation is 2. The van der Waals surface area contributed by atoms with Crippen molar-refractivity contribution in [2.75, 3.05) is 5.88 Å². The second-order valence-electron chi connectivity index (χ2n) is 2.62. The Labute approximate surface area is 76.0 Å². The van der Waals surface area contributed by atoms with Gasteiger partial charge in [-0.2, -0.15) is 0 Å². The highest BCUT2D eigenvalue weighted by Crippen LogP contribution is 1.93. The zero-order chi connectivity index (χ0) is 9.14. The first kappa shape index (κ1) is 9.26. The molecule has 0 aliphatic rings. The molecule has 66 valence electrons. The van der Waals surface area contributed by atoms with Gasteiger partial charge in [-0.05, 0) is 13.8 Å². The standard InChI is InChI=1S/C8H11ClN2O/c1-6-5-8(12)11(4-3-9)7(2)10-6/h5H,3-4H2,1-2H3. The summed E-state index contributed by atoms with van der Waals surface area (Å²) >= 11 is 5.53. The van der Waals surface area contributed by atoms with Gasteiger partial charge in [-0.15, -0.1) is 11.6 Å². The molecule has 1 rings (SSSR count). The van der Waals surface area contributed by atoms with Crippen LogP contribution < -0.4 is 5.56 Å². The van der Waals surface area contributed by atoms with Crippen molar-refractivity contribution in [1.29, 1.82) is 0 Å². The molecule has 0 saturated heterocycles. The summed E-state index contributed by atoms with van der Waals surface area (Å²) in [5.41, 5.74) is 0.726. The fourth-order valence-corrected chi connectivity index (χ4v) is 1.29. The van der Waals surface area contributed by atoms with Crippen LogP contribution in [-0.2, 0) is 6.54 Å². The third kappa shape index (κ3) is 1.85. The summed E-state index contributed by atoms with van der Waals surface area (Å²) in [4.78, 5) is 15.5. The molecule has 12 heavy (non-hydrogen) atoms. The van der Waals surface area contributed by atoms with Crippen molar-refractivity contribution in [3.63, 3.8) is 0 Å². The number of halogens is 1. The van der Waals surface area contributed by atoms with Gasteiger partial charge in [0.25, 0.3) is 5.56 Å². The lowest BCUT2D eigenvalue weighted by molar-refractivity contribution is 0.673. The van der Waals surface area contributed by atoms with Gasteiger partial charge in [0.2, 0.25) is 0 Å². The van der Waals surface area contributed by atoms with Crippen molar-refractivity contribution in [3.05, 3.63) is 27.9 Å². The Morgan fingerprint density at radius 2 is 2.25 bits per heavy atom. The van der Waals surface area contributed by atoms with E-state index in [9.17, 15) is 4.79 Å². The van der Waals surface area contributed by atoms with Crippen molar-refractivity contribution in [3.8, 4) is 0 Å². The molecule has 1 aromatic heterocycles. The van der Waals surface area contributed by atoms with Gasteiger partial charge >= 0.3 is 0 Å². The van der Waals surface area contributed by atoms with Crippen molar-refractivity contribution >= 4 is 11.6 Å². The van der Waals surface area contributed by atoms with E-state index >= 15 is 0 Å². The fraction of sp³-hybridized carbons (Fsp3) is 0.500. The molecule has 0 aromatic carbocycles. The molecule has 0 aliphatic heterocycles. The van der Waals surface area contributed by atoms with Crippen LogP contribution in [0.15, 0.2) is 10.9 Å². The second kappa shape index (κ2) is 3.72. The summed E-state index contributed by atoms with van der Waals surface area (Å²) in [7, 11) is 0. The first-order valence-electron chi connectivity index (χ1n) is 3.76. The molecule has 3 nitrogen and oxygen atoms in total. The number of hydrogen-bond donors (Lipinski definition) is 0. The predicted molar refractivity (Wildman–Crippen MR) is 48.7 cm³/mol. The molecule has 0 aliphatic carbocycles. The molecular formula is C8H11ClN2O. The van der Waals surface area contributed by atoms with Crippen molar-refractivity contribution in [1.82, 2.24) is 9.55 Å². The molecule has 0 radical (unpaired) electrons. The van der Waals surface area contributed by atoms with Crippen LogP contribution in [0, 0.1) is 13.8 Å². The number of alkyl halides is 1. The number of aromatic nitrogens is 2. The van der Waals surface area contributed by atoms with E-state index in [1.807, 2.05) is 0 Å². The second-order valence-corrected chi connectivity index (χ2v) is 3.00. The van der Waals surface area contributed by atoms with Gasteiger partial charge in [0, 0.05) is 24.2 Å². The Hall–Kier alpha value is -0.830. The van der Waals surface area contributed by atoms with E-state index in [-0.39, 0.29) is 5.56 Å². The van der Waals surface area contributed by atoms with Crippen LogP contribution >= 0.6 is 11.6 Å². The van der Waals surface area contributed by atoms with Crippen LogP contribution in [0.25, 0.3) is 0 Å². The predicted octanol–water partition coefficient (Wildman–Crippen LogP) is 1.10. The van der Waals surface area contributed by atoms with Gasteiger partial charge in [0.05, 0.1) is 0 Å². The number of hydrogen-bond acceptors (Lipinski definition) is 2. The number of nitrogens with zero attached hydrogens (tertiary/aromatic N) is 2. The zero-order valence-corrected chi connectivity index (χ0v) is 7.93. The summed E-state index contributed by atoms with van der Waals surface area (Å²) in [6.45, 7) is 4.14. The van der Waals surface area contributed by atoms with E-state index in [1.165, 1.54) is 6.07 Å². The lowest BCUT2D eigenvalue weighted by Gasteiger charge is -2.06. The van der Waals surface area contributed by atoms with Crippen LogP contribution in [0.1, 0.15) is 11.5 Å². The van der Waals surface area contributed by atoms with Gasteiger partial charge in [-0.1, -0.05) is 0 Å². The average molecular weight is 187 g/mol. The lowest BCUT2D eigenvalue weighted by Crippen LogP contribution is -2.24. The lowest BCUT2D eigenvalue weighted by atomic mass is 10.4. The minimum absolute atomic E-state index is 0.0272. The summed E-state index contributed by atoms with van der Waals surface area (Å²) < 4.78 is 1.57. The monoisotopic (exact) mass is 186 g/mol. The van der Waals surface area contributed by atoms with Gasteiger partial charge in [0.1, 0.15) is 5.82 Å². The first-order valence-corrected chi connectivity index (χ1v) is 4.29. The molecular weight excluding hydrogens is 176 g/mol. The molecule has 0 saturated carbocycles. The summed E-state index contributed by atoms with van der Waals surface area (Å²) in [5.74, 6) is 1.16. The van der Waals surface area contributed by atoms with Crippen LogP contribution in [0.3, 0.4) is 0 Å². The van der Waals surface area contributed by atoms with Gasteiger partial charge in [-0.25, -0.2) is 4.98 Å². The maximum atomic E-state index is 11.3. The third-order valence-electron chi connectivity index (χ3n) is 1.64. The minimum Gasteiger partial charge on any atom is -0.296 e. The van der Waals surface area contributed by atoms with Gasteiger partial charge in [-0.3, -0.25) is 9.36 Å². The molecule has 0 bridgehead atoms. The zero-order valence-electron chi connectivity index (χ0n) is 7.17. The van der Waals surface area contributed by atoms with E-state index in [0.29, 0.717) is 12.4 Å². The van der Waals surface area contributed by atoms with E-state index in [2.05, 4.69) is 4.98 Å². The number of rotatable bonds is 2. The molecule has 0 fully saturated rings. The van der Waals surface area contributed by atoms with Gasteiger partial charge in [0.15, 0.2) is 0 Å². The Balaban J connectivity index is 3.19. The van der Waals surface area contributed by atoms with Gasteiger partial charge < -0.3 is 0 Å². The minimum atomic E-state index is -0.0272. The van der Waals surface area contributed by atoms with Crippen LogP contribution in [0.2, 0.25) is 0 Å². The smallest absolute Gasteiger partial charge is 0.253 e. The Bertz CT molecular complexity index is 332. The van der Waals surface area contributed by atoms with E-state index in [0.717, 1.165) is 11.5 Å². The average Bonchev–Trinajstić information content (AvgIpc) is 1.96. The topological polar surface area (TPSA) is 34.9 Å². The normalized spacial score (nSPS) is 10.2. The molecule has 0 unspecified atom stereocenters. The Morgan fingerprint density at radius 1 is 1.58 bits per heavy atom. The van der Waals surface area contributed by atoms with Crippen LogP contribution in [-0.4, -0.2) is 15.4 Å². The van der Waals surface area contributed by atoms with Crippen molar-refractivity contribution in [2.45, 2.75) is 20.4 Å².